The van der Waals surface area contributed by atoms with Gasteiger partial charge in [0.15, 0.2) is 5.96 Å². The first-order valence-corrected chi connectivity index (χ1v) is 9.58. The highest BCUT2D eigenvalue weighted by molar-refractivity contribution is 14.0. The number of ether oxygens (including phenoxy) is 2. The van der Waals surface area contributed by atoms with Gasteiger partial charge in [-0.2, -0.15) is 0 Å². The van der Waals surface area contributed by atoms with Gasteiger partial charge in [0.25, 0.3) is 0 Å². The van der Waals surface area contributed by atoms with Crippen molar-refractivity contribution < 1.29 is 14.3 Å². The summed E-state index contributed by atoms with van der Waals surface area (Å²) in [5.74, 6) is 2.17. The van der Waals surface area contributed by atoms with Crippen molar-refractivity contribution >= 4 is 41.5 Å². The third-order valence-corrected chi connectivity index (χ3v) is 5.06. The van der Waals surface area contributed by atoms with Crippen molar-refractivity contribution in [2.24, 2.45) is 4.99 Å². The van der Waals surface area contributed by atoms with Crippen molar-refractivity contribution in [3.05, 3.63) is 53.6 Å². The van der Waals surface area contributed by atoms with Crippen molar-refractivity contribution in [1.29, 1.82) is 0 Å². The fourth-order valence-corrected chi connectivity index (χ4v) is 3.55. The SMILES string of the molecule is CN=C(NCC(=O)N1CCc2ccccc21)N(C)Cc1ccc(OC)cc1OC.I. The summed E-state index contributed by atoms with van der Waals surface area (Å²) in [7, 11) is 6.90. The third-order valence-electron chi connectivity index (χ3n) is 5.06. The predicted octanol–water partition coefficient (Wildman–Crippen LogP) is 2.92. The van der Waals surface area contributed by atoms with Gasteiger partial charge in [-0.15, -0.1) is 24.0 Å². The van der Waals surface area contributed by atoms with Gasteiger partial charge in [0, 0.05) is 44.5 Å². The number of guanidine groups is 1. The standard InChI is InChI=1S/C22H28N4O3.HI/c1-23-22(25(2)15-17-9-10-18(28-3)13-20(17)29-4)24-14-21(27)26-12-11-16-7-5-6-8-19(16)26;/h5-10,13H,11-12,14-15H2,1-4H3,(H,23,24);1H. The third kappa shape index (κ3) is 5.35. The molecule has 0 fully saturated rings. The number of nitrogens with zero attached hydrogens (tertiary/aromatic N) is 3. The Labute approximate surface area is 195 Å². The number of fused-ring (bicyclic) bond motifs is 1. The van der Waals surface area contributed by atoms with E-state index >= 15 is 0 Å². The van der Waals surface area contributed by atoms with E-state index in [9.17, 15) is 4.79 Å². The van der Waals surface area contributed by atoms with E-state index in [1.54, 1.807) is 21.3 Å². The molecule has 0 aromatic heterocycles. The molecule has 0 spiro atoms. The average molecular weight is 524 g/mol. The molecule has 30 heavy (non-hydrogen) atoms. The van der Waals surface area contributed by atoms with Crippen molar-refractivity contribution in [3.8, 4) is 11.5 Å². The molecule has 0 radical (unpaired) electrons. The molecule has 162 valence electrons. The minimum atomic E-state index is 0. The van der Waals surface area contributed by atoms with Crippen molar-refractivity contribution in [1.82, 2.24) is 10.2 Å². The fraction of sp³-hybridized carbons (Fsp3) is 0.364. The summed E-state index contributed by atoms with van der Waals surface area (Å²) in [5, 5.41) is 3.18. The van der Waals surface area contributed by atoms with E-state index in [0.717, 1.165) is 35.7 Å². The van der Waals surface area contributed by atoms with Gasteiger partial charge < -0.3 is 24.6 Å². The van der Waals surface area contributed by atoms with Crippen LogP contribution in [0.1, 0.15) is 11.1 Å². The van der Waals surface area contributed by atoms with Crippen LogP contribution in [0.5, 0.6) is 11.5 Å². The Hall–Kier alpha value is -2.49. The minimum Gasteiger partial charge on any atom is -0.497 e. The zero-order valence-electron chi connectivity index (χ0n) is 17.8. The lowest BCUT2D eigenvalue weighted by atomic mass is 10.2. The molecule has 0 bridgehead atoms. The number of amides is 1. The summed E-state index contributed by atoms with van der Waals surface area (Å²) in [5.41, 5.74) is 3.22. The van der Waals surface area contributed by atoms with Crippen LogP contribution in [0.3, 0.4) is 0 Å². The molecule has 2 aromatic carbocycles. The second-order valence-corrected chi connectivity index (χ2v) is 6.86. The van der Waals surface area contributed by atoms with Crippen molar-refractivity contribution in [3.63, 3.8) is 0 Å². The molecule has 0 aliphatic carbocycles. The number of aliphatic imine (C=N–C) groups is 1. The molecule has 1 aliphatic heterocycles. The summed E-state index contributed by atoms with van der Waals surface area (Å²) >= 11 is 0. The van der Waals surface area contributed by atoms with Crippen LogP contribution < -0.4 is 19.7 Å². The summed E-state index contributed by atoms with van der Waals surface area (Å²) in [6, 6.07) is 13.8. The number of carbonyl (C=O) groups excluding carboxylic acids is 1. The highest BCUT2D eigenvalue weighted by atomic mass is 127. The number of anilines is 1. The molecule has 0 unspecified atom stereocenters. The van der Waals surface area contributed by atoms with E-state index in [1.807, 2.05) is 53.2 Å². The summed E-state index contributed by atoms with van der Waals surface area (Å²) in [6.45, 7) is 1.48. The molecule has 3 rings (SSSR count). The molecule has 7 nitrogen and oxygen atoms in total. The van der Waals surface area contributed by atoms with E-state index in [2.05, 4.69) is 16.4 Å². The van der Waals surface area contributed by atoms with Crippen LogP contribution in [0.15, 0.2) is 47.5 Å². The predicted molar refractivity (Wildman–Crippen MR) is 130 cm³/mol. The van der Waals surface area contributed by atoms with Gasteiger partial charge in [-0.1, -0.05) is 18.2 Å². The second kappa shape index (κ2) is 11.1. The lowest BCUT2D eigenvalue weighted by Crippen LogP contribution is -2.44. The molecule has 2 aromatic rings. The van der Waals surface area contributed by atoms with E-state index in [1.165, 1.54) is 5.56 Å². The quantitative estimate of drug-likeness (QED) is 0.358. The molecular formula is C22H29IN4O3. The monoisotopic (exact) mass is 524 g/mol. The maximum absolute atomic E-state index is 12.7. The number of hydrogen-bond donors (Lipinski definition) is 1. The number of halogens is 1. The maximum Gasteiger partial charge on any atom is 0.246 e. The Morgan fingerprint density at radius 2 is 1.97 bits per heavy atom. The summed E-state index contributed by atoms with van der Waals surface area (Å²) in [6.07, 6.45) is 0.897. The highest BCUT2D eigenvalue weighted by Crippen LogP contribution is 2.27. The molecule has 1 aliphatic rings. The molecule has 1 amide bonds. The molecular weight excluding hydrogens is 495 g/mol. The maximum atomic E-state index is 12.7. The average Bonchev–Trinajstić information content (AvgIpc) is 3.18. The van der Waals surface area contributed by atoms with Gasteiger partial charge in [-0.25, -0.2) is 0 Å². The molecule has 0 atom stereocenters. The van der Waals surface area contributed by atoms with Crippen molar-refractivity contribution in [2.75, 3.05) is 46.3 Å². The largest absolute Gasteiger partial charge is 0.497 e. The van der Waals surface area contributed by atoms with Crippen LogP contribution >= 0.6 is 24.0 Å². The van der Waals surface area contributed by atoms with Crippen LogP contribution in [-0.2, 0) is 17.8 Å². The van der Waals surface area contributed by atoms with Crippen LogP contribution in [0.4, 0.5) is 5.69 Å². The fourth-order valence-electron chi connectivity index (χ4n) is 3.55. The first-order valence-electron chi connectivity index (χ1n) is 9.58. The van der Waals surface area contributed by atoms with Crippen molar-refractivity contribution in [2.45, 2.75) is 13.0 Å². The lowest BCUT2D eigenvalue weighted by molar-refractivity contribution is -0.117. The van der Waals surface area contributed by atoms with Gasteiger partial charge in [0.1, 0.15) is 11.5 Å². The van der Waals surface area contributed by atoms with Gasteiger partial charge in [0.05, 0.1) is 20.8 Å². The van der Waals surface area contributed by atoms with Gasteiger partial charge >= 0.3 is 0 Å². The van der Waals surface area contributed by atoms with Gasteiger partial charge in [-0.05, 0) is 30.2 Å². The molecule has 1 heterocycles. The van der Waals surface area contributed by atoms with Gasteiger partial charge in [0.2, 0.25) is 5.91 Å². The summed E-state index contributed by atoms with van der Waals surface area (Å²) < 4.78 is 10.7. The Balaban J connectivity index is 0.00000320. The minimum absolute atomic E-state index is 0. The van der Waals surface area contributed by atoms with Crippen LogP contribution in [0.2, 0.25) is 0 Å². The molecule has 1 N–H and O–H groups in total. The lowest BCUT2D eigenvalue weighted by Gasteiger charge is -2.24. The first kappa shape index (κ1) is 23.8. The zero-order chi connectivity index (χ0) is 20.8. The topological polar surface area (TPSA) is 66.4 Å². The van der Waals surface area contributed by atoms with Crippen LogP contribution in [-0.4, -0.2) is 58.2 Å². The molecule has 0 saturated heterocycles. The molecule has 0 saturated carbocycles. The number of nitrogens with one attached hydrogen (secondary N) is 1. The Kier molecular flexibility index (Phi) is 8.76. The van der Waals surface area contributed by atoms with E-state index < -0.39 is 0 Å². The Morgan fingerprint density at radius 3 is 2.67 bits per heavy atom. The zero-order valence-corrected chi connectivity index (χ0v) is 20.2. The van der Waals surface area contributed by atoms with Crippen LogP contribution in [0.25, 0.3) is 0 Å². The Morgan fingerprint density at radius 1 is 1.20 bits per heavy atom. The number of methoxy groups -OCH3 is 2. The first-order chi connectivity index (χ1) is 14.1. The number of para-hydroxylation sites is 1. The van der Waals surface area contributed by atoms with E-state index in [0.29, 0.717) is 12.5 Å². The summed E-state index contributed by atoms with van der Waals surface area (Å²) in [4.78, 5) is 20.8. The second-order valence-electron chi connectivity index (χ2n) is 6.86. The van der Waals surface area contributed by atoms with Gasteiger partial charge in [-0.3, -0.25) is 9.79 Å². The molecule has 8 heteroatoms. The van der Waals surface area contributed by atoms with E-state index in [-0.39, 0.29) is 36.4 Å². The number of rotatable bonds is 6. The number of benzene rings is 2. The number of hydrogen-bond acceptors (Lipinski definition) is 4. The number of carbonyl (C=O) groups is 1. The normalized spacial score (nSPS) is 12.7. The van der Waals surface area contributed by atoms with Crippen LogP contribution in [0, 0.1) is 0 Å². The smallest absolute Gasteiger partial charge is 0.246 e. The highest BCUT2D eigenvalue weighted by Gasteiger charge is 2.24. The Bertz CT molecular complexity index is 904. The van der Waals surface area contributed by atoms with E-state index in [4.69, 9.17) is 9.47 Å².